The van der Waals surface area contributed by atoms with E-state index < -0.39 is 5.91 Å². The number of rotatable bonds is 6. The Kier molecular flexibility index (Phi) is 6.69. The second kappa shape index (κ2) is 9.41. The summed E-state index contributed by atoms with van der Waals surface area (Å²) < 4.78 is 5.70. The molecule has 1 aliphatic carbocycles. The predicted octanol–water partition coefficient (Wildman–Crippen LogP) is 5.08. The van der Waals surface area contributed by atoms with Crippen LogP contribution in [0.5, 0.6) is 5.75 Å². The molecule has 0 saturated heterocycles. The predicted molar refractivity (Wildman–Crippen MR) is 115 cm³/mol. The lowest BCUT2D eigenvalue weighted by molar-refractivity contribution is -0.112. The lowest BCUT2D eigenvalue weighted by Gasteiger charge is -2.17. The highest BCUT2D eigenvalue weighted by Gasteiger charge is 2.25. The van der Waals surface area contributed by atoms with Crippen LogP contribution < -0.4 is 10.1 Å². The van der Waals surface area contributed by atoms with Crippen molar-refractivity contribution in [1.29, 1.82) is 10.5 Å². The number of carbonyl (C=O) groups is 1. The number of amides is 1. The Morgan fingerprint density at radius 3 is 2.90 bits per heavy atom. The minimum absolute atomic E-state index is 0.0267. The monoisotopic (exact) mass is 405 g/mol. The molecular formula is C23H23N3O2S. The molecule has 0 aliphatic heterocycles. The lowest BCUT2D eigenvalue weighted by Crippen LogP contribution is -2.13. The topological polar surface area (TPSA) is 85.9 Å². The number of hydrogen-bond donors (Lipinski definition) is 1. The van der Waals surface area contributed by atoms with Gasteiger partial charge >= 0.3 is 0 Å². The summed E-state index contributed by atoms with van der Waals surface area (Å²) in [6.07, 6.45) is 5.22. The molecule has 0 radical (unpaired) electrons. The number of benzene rings is 1. The van der Waals surface area contributed by atoms with Crippen LogP contribution in [0.3, 0.4) is 0 Å². The van der Waals surface area contributed by atoms with Gasteiger partial charge in [-0.05, 0) is 49.3 Å². The first-order valence-electron chi connectivity index (χ1n) is 9.77. The number of nitriles is 2. The molecule has 1 unspecified atom stereocenters. The van der Waals surface area contributed by atoms with E-state index in [9.17, 15) is 15.3 Å². The summed E-state index contributed by atoms with van der Waals surface area (Å²) in [6.45, 7) is 4.77. The van der Waals surface area contributed by atoms with Gasteiger partial charge in [0.1, 0.15) is 28.5 Å². The van der Waals surface area contributed by atoms with Gasteiger partial charge in [-0.2, -0.15) is 10.5 Å². The third-order valence-electron chi connectivity index (χ3n) is 4.90. The van der Waals surface area contributed by atoms with E-state index in [0.717, 1.165) is 36.1 Å². The molecule has 2 aromatic rings. The Morgan fingerprint density at radius 1 is 1.38 bits per heavy atom. The van der Waals surface area contributed by atoms with Gasteiger partial charge in [-0.25, -0.2) is 0 Å². The molecule has 1 aromatic carbocycles. The fraction of sp³-hybridized carbons (Fsp3) is 0.348. The van der Waals surface area contributed by atoms with Crippen molar-refractivity contribution in [2.75, 3.05) is 11.9 Å². The molecule has 0 spiro atoms. The number of ether oxygens (including phenoxy) is 1. The van der Waals surface area contributed by atoms with Gasteiger partial charge in [0.15, 0.2) is 0 Å². The van der Waals surface area contributed by atoms with Crippen LogP contribution in [-0.4, -0.2) is 12.5 Å². The number of para-hydroxylation sites is 1. The van der Waals surface area contributed by atoms with Crippen molar-refractivity contribution in [1.82, 2.24) is 0 Å². The minimum atomic E-state index is -0.513. The number of hydrogen-bond acceptors (Lipinski definition) is 5. The summed E-state index contributed by atoms with van der Waals surface area (Å²) in [6, 6.07) is 11.5. The van der Waals surface area contributed by atoms with E-state index in [1.807, 2.05) is 37.3 Å². The summed E-state index contributed by atoms with van der Waals surface area (Å²) in [5.74, 6) is 0.694. The first-order valence-corrected chi connectivity index (χ1v) is 10.6. The van der Waals surface area contributed by atoms with E-state index in [4.69, 9.17) is 4.74 Å². The number of nitrogens with one attached hydrogen (secondary N) is 1. The molecule has 5 nitrogen and oxygen atoms in total. The second-order valence-electron chi connectivity index (χ2n) is 7.18. The van der Waals surface area contributed by atoms with Crippen LogP contribution in [-0.2, 0) is 17.6 Å². The van der Waals surface area contributed by atoms with Crippen molar-refractivity contribution < 1.29 is 9.53 Å². The van der Waals surface area contributed by atoms with Gasteiger partial charge < -0.3 is 10.1 Å². The molecule has 1 atom stereocenters. The van der Waals surface area contributed by atoms with Crippen LogP contribution in [0.4, 0.5) is 5.00 Å². The normalized spacial score (nSPS) is 15.7. The molecule has 1 N–H and O–H groups in total. The Labute approximate surface area is 175 Å². The zero-order chi connectivity index (χ0) is 20.8. The zero-order valence-corrected chi connectivity index (χ0v) is 17.4. The van der Waals surface area contributed by atoms with E-state index >= 15 is 0 Å². The van der Waals surface area contributed by atoms with Crippen molar-refractivity contribution in [2.45, 2.75) is 39.5 Å². The molecule has 0 bridgehead atoms. The molecule has 1 amide bonds. The van der Waals surface area contributed by atoms with Gasteiger partial charge in [0.2, 0.25) is 0 Å². The maximum absolute atomic E-state index is 12.8. The molecule has 29 heavy (non-hydrogen) atoms. The first-order chi connectivity index (χ1) is 14.1. The molecule has 1 aromatic heterocycles. The number of fused-ring (bicyclic) bond motifs is 1. The van der Waals surface area contributed by atoms with Crippen LogP contribution in [0.25, 0.3) is 6.08 Å². The summed E-state index contributed by atoms with van der Waals surface area (Å²) >= 11 is 1.45. The zero-order valence-electron chi connectivity index (χ0n) is 16.6. The summed E-state index contributed by atoms with van der Waals surface area (Å²) in [5, 5.41) is 22.5. The highest BCUT2D eigenvalue weighted by molar-refractivity contribution is 7.16. The number of nitrogens with zero attached hydrogens (tertiary/aromatic N) is 2. The first kappa shape index (κ1) is 20.6. The van der Waals surface area contributed by atoms with E-state index in [2.05, 4.69) is 18.3 Å². The molecule has 0 fully saturated rings. The number of anilines is 1. The van der Waals surface area contributed by atoms with Gasteiger partial charge in [0.05, 0.1) is 12.2 Å². The van der Waals surface area contributed by atoms with Crippen LogP contribution in [0, 0.1) is 28.6 Å². The van der Waals surface area contributed by atoms with Gasteiger partial charge in [-0.3, -0.25) is 4.79 Å². The fourth-order valence-corrected chi connectivity index (χ4v) is 4.73. The van der Waals surface area contributed by atoms with Crippen LogP contribution in [0.15, 0.2) is 29.8 Å². The SMILES string of the molecule is CCCOc1ccccc1/C=C(\C#N)C(=O)Nc1sc2c(c1C#N)CCC(C)C2. The molecule has 3 rings (SSSR count). The van der Waals surface area contributed by atoms with Gasteiger partial charge in [0, 0.05) is 10.4 Å². The smallest absolute Gasteiger partial charge is 0.266 e. The van der Waals surface area contributed by atoms with Gasteiger partial charge in [0.25, 0.3) is 5.91 Å². The highest BCUT2D eigenvalue weighted by atomic mass is 32.1. The van der Waals surface area contributed by atoms with Crippen molar-refractivity contribution in [3.8, 4) is 17.9 Å². The highest BCUT2D eigenvalue weighted by Crippen LogP contribution is 2.39. The molecule has 148 valence electrons. The van der Waals surface area contributed by atoms with Crippen molar-refractivity contribution in [2.24, 2.45) is 5.92 Å². The lowest BCUT2D eigenvalue weighted by atomic mass is 9.88. The Morgan fingerprint density at radius 2 is 2.17 bits per heavy atom. The third-order valence-corrected chi connectivity index (χ3v) is 6.07. The number of carbonyl (C=O) groups excluding carboxylic acids is 1. The molecule has 1 heterocycles. The third kappa shape index (κ3) is 4.67. The Balaban J connectivity index is 1.86. The van der Waals surface area contributed by atoms with Crippen molar-refractivity contribution in [3.63, 3.8) is 0 Å². The minimum Gasteiger partial charge on any atom is -0.493 e. The number of thiophene rings is 1. The molecular weight excluding hydrogens is 382 g/mol. The van der Waals surface area contributed by atoms with E-state index in [1.165, 1.54) is 17.4 Å². The molecule has 0 saturated carbocycles. The quantitative estimate of drug-likeness (QED) is 0.536. The summed E-state index contributed by atoms with van der Waals surface area (Å²) in [7, 11) is 0. The second-order valence-corrected chi connectivity index (χ2v) is 8.28. The van der Waals surface area contributed by atoms with Gasteiger partial charge in [-0.15, -0.1) is 11.3 Å². The van der Waals surface area contributed by atoms with Gasteiger partial charge in [-0.1, -0.05) is 32.0 Å². The maximum Gasteiger partial charge on any atom is 0.266 e. The molecule has 1 aliphatic rings. The summed E-state index contributed by atoms with van der Waals surface area (Å²) in [5.41, 5.74) is 2.23. The maximum atomic E-state index is 12.8. The van der Waals surface area contributed by atoms with Crippen molar-refractivity contribution in [3.05, 3.63) is 51.4 Å². The standard InChI is InChI=1S/C23H23N3O2S/c1-3-10-28-20-7-5-4-6-16(20)12-17(13-24)22(27)26-23-19(14-25)18-9-8-15(2)11-21(18)29-23/h4-7,12,15H,3,8-11H2,1-2H3,(H,26,27)/b17-12+. The van der Waals surface area contributed by atoms with E-state index in [0.29, 0.717) is 34.4 Å². The van der Waals surface area contributed by atoms with Crippen LogP contribution >= 0.6 is 11.3 Å². The molecule has 6 heteroatoms. The van der Waals surface area contributed by atoms with E-state index in [-0.39, 0.29) is 5.57 Å². The average molecular weight is 406 g/mol. The average Bonchev–Trinajstić information content (AvgIpc) is 3.06. The summed E-state index contributed by atoms with van der Waals surface area (Å²) in [4.78, 5) is 13.9. The van der Waals surface area contributed by atoms with Crippen LogP contribution in [0.2, 0.25) is 0 Å². The van der Waals surface area contributed by atoms with E-state index in [1.54, 1.807) is 0 Å². The fourth-order valence-electron chi connectivity index (χ4n) is 3.37. The Hall–Kier alpha value is -3.09. The van der Waals surface area contributed by atoms with Crippen molar-refractivity contribution >= 4 is 28.3 Å². The van der Waals surface area contributed by atoms with Crippen LogP contribution in [0.1, 0.15) is 48.3 Å². The Bertz CT molecular complexity index is 1020. The largest absolute Gasteiger partial charge is 0.493 e.